The Morgan fingerprint density at radius 2 is 1.89 bits per heavy atom. The SMILES string of the molecule is O=C(c1ccc(Cl)c(OCCn2cnnn2)c1Cl)C1C(=O)C2CCC(C2)C1=O. The Balaban J connectivity index is 1.56. The van der Waals surface area contributed by atoms with Gasteiger partial charge in [-0.1, -0.05) is 23.2 Å². The molecule has 2 saturated carbocycles. The highest BCUT2D eigenvalue weighted by Crippen LogP contribution is 2.43. The van der Waals surface area contributed by atoms with Crippen LogP contribution in [0.1, 0.15) is 29.6 Å². The third-order valence-corrected chi connectivity index (χ3v) is 6.01. The highest BCUT2D eigenvalue weighted by molar-refractivity contribution is 6.40. The number of benzene rings is 1. The average Bonchev–Trinajstić information content (AvgIpc) is 3.34. The summed E-state index contributed by atoms with van der Waals surface area (Å²) in [7, 11) is 0. The second-order valence-corrected chi connectivity index (χ2v) is 7.75. The highest BCUT2D eigenvalue weighted by Gasteiger charge is 2.50. The molecule has 1 heterocycles. The fraction of sp³-hybridized carbons (Fsp3) is 0.444. The lowest BCUT2D eigenvalue weighted by Crippen LogP contribution is -2.41. The largest absolute Gasteiger partial charge is 0.488 e. The zero-order valence-electron chi connectivity index (χ0n) is 14.7. The van der Waals surface area contributed by atoms with Gasteiger partial charge < -0.3 is 4.74 Å². The molecule has 2 aliphatic rings. The van der Waals surface area contributed by atoms with Crippen molar-refractivity contribution in [3.05, 3.63) is 34.1 Å². The van der Waals surface area contributed by atoms with E-state index < -0.39 is 11.7 Å². The van der Waals surface area contributed by atoms with Crippen LogP contribution in [0, 0.1) is 17.8 Å². The number of hydrogen-bond donors (Lipinski definition) is 0. The van der Waals surface area contributed by atoms with Crippen molar-refractivity contribution in [2.45, 2.75) is 25.8 Å². The Bertz CT molecular complexity index is 925. The number of halogens is 2. The number of carbonyl (C=O) groups excluding carboxylic acids is 3. The van der Waals surface area contributed by atoms with Crippen molar-refractivity contribution in [3.63, 3.8) is 0 Å². The monoisotopic (exact) mass is 422 g/mol. The van der Waals surface area contributed by atoms with Crippen LogP contribution < -0.4 is 4.74 Å². The van der Waals surface area contributed by atoms with Crippen LogP contribution in [0.15, 0.2) is 18.5 Å². The summed E-state index contributed by atoms with van der Waals surface area (Å²) in [6.45, 7) is 0.508. The lowest BCUT2D eigenvalue weighted by molar-refractivity contribution is -0.137. The molecule has 0 aliphatic heterocycles. The molecule has 1 aromatic heterocycles. The Morgan fingerprint density at radius 1 is 1.18 bits per heavy atom. The van der Waals surface area contributed by atoms with E-state index in [1.54, 1.807) is 0 Å². The van der Waals surface area contributed by atoms with Gasteiger partial charge in [0.15, 0.2) is 23.1 Å². The van der Waals surface area contributed by atoms with Crippen molar-refractivity contribution in [2.75, 3.05) is 6.61 Å². The average molecular weight is 423 g/mol. The summed E-state index contributed by atoms with van der Waals surface area (Å²) in [4.78, 5) is 38.3. The molecule has 8 nitrogen and oxygen atoms in total. The van der Waals surface area contributed by atoms with E-state index in [4.69, 9.17) is 27.9 Å². The molecule has 0 radical (unpaired) electrons. The molecule has 0 saturated heterocycles. The molecule has 0 spiro atoms. The van der Waals surface area contributed by atoms with Crippen molar-refractivity contribution < 1.29 is 19.1 Å². The zero-order valence-corrected chi connectivity index (χ0v) is 16.2. The maximum absolute atomic E-state index is 13.0. The standard InChI is InChI=1S/C18H16Cl2N4O4/c19-12-4-3-11(14(20)18(12)28-6-5-24-8-21-22-23-24)17(27)13-15(25)9-1-2-10(7-9)16(13)26/h3-4,8-10,13H,1-2,5-7H2. The van der Waals surface area contributed by atoms with Crippen LogP contribution in [0.2, 0.25) is 10.0 Å². The van der Waals surface area contributed by atoms with Crippen molar-refractivity contribution in [1.29, 1.82) is 0 Å². The molecule has 146 valence electrons. The molecule has 2 aliphatic carbocycles. The highest BCUT2D eigenvalue weighted by atomic mass is 35.5. The van der Waals surface area contributed by atoms with Crippen LogP contribution in [-0.2, 0) is 16.1 Å². The summed E-state index contributed by atoms with van der Waals surface area (Å²) in [5, 5.41) is 11.0. The number of tetrazole rings is 1. The van der Waals surface area contributed by atoms with E-state index in [1.807, 2.05) is 0 Å². The Labute approximate surface area is 170 Å². The van der Waals surface area contributed by atoms with Crippen LogP contribution in [0.3, 0.4) is 0 Å². The van der Waals surface area contributed by atoms with Crippen molar-refractivity contribution in [3.8, 4) is 5.75 Å². The number of carbonyl (C=O) groups is 3. The lowest BCUT2D eigenvalue weighted by Gasteiger charge is -2.24. The molecule has 10 heteroatoms. The van der Waals surface area contributed by atoms with Gasteiger partial charge in [0.1, 0.15) is 18.9 Å². The maximum atomic E-state index is 13.0. The Morgan fingerprint density at radius 3 is 2.54 bits per heavy atom. The quantitative estimate of drug-likeness (QED) is 0.519. The molecular formula is C18H16Cl2N4O4. The molecule has 0 N–H and O–H groups in total. The van der Waals surface area contributed by atoms with Gasteiger partial charge in [0.25, 0.3) is 0 Å². The smallest absolute Gasteiger partial charge is 0.182 e. The molecule has 4 rings (SSSR count). The first-order chi connectivity index (χ1) is 13.5. The second kappa shape index (κ2) is 7.60. The Hall–Kier alpha value is -2.32. The number of rotatable bonds is 6. The number of nitrogens with zero attached hydrogens (tertiary/aromatic N) is 4. The normalized spacial score (nSPS) is 23.9. The van der Waals surface area contributed by atoms with Gasteiger partial charge in [0.2, 0.25) is 0 Å². The predicted octanol–water partition coefficient (Wildman–Crippen LogP) is 2.43. The number of fused-ring (bicyclic) bond motifs is 2. The summed E-state index contributed by atoms with van der Waals surface area (Å²) in [6.07, 6.45) is 3.32. The fourth-order valence-electron chi connectivity index (χ4n) is 3.90. The van der Waals surface area contributed by atoms with E-state index in [9.17, 15) is 14.4 Å². The second-order valence-electron chi connectivity index (χ2n) is 6.97. The first-order valence-electron chi connectivity index (χ1n) is 8.90. The molecule has 28 heavy (non-hydrogen) atoms. The third kappa shape index (κ3) is 3.31. The van der Waals surface area contributed by atoms with Gasteiger partial charge in [-0.3, -0.25) is 14.4 Å². The number of hydrogen-bond acceptors (Lipinski definition) is 7. The lowest BCUT2D eigenvalue weighted by atomic mass is 9.75. The minimum atomic E-state index is -1.28. The van der Waals surface area contributed by atoms with Crippen molar-refractivity contribution in [2.24, 2.45) is 17.8 Å². The van der Waals surface area contributed by atoms with Crippen molar-refractivity contribution >= 4 is 40.6 Å². The van der Waals surface area contributed by atoms with Gasteiger partial charge in [0, 0.05) is 17.4 Å². The topological polar surface area (TPSA) is 104 Å². The van der Waals surface area contributed by atoms with E-state index >= 15 is 0 Å². The first-order valence-corrected chi connectivity index (χ1v) is 9.66. The van der Waals surface area contributed by atoms with Gasteiger partial charge >= 0.3 is 0 Å². The van der Waals surface area contributed by atoms with Crippen LogP contribution in [0.25, 0.3) is 0 Å². The molecule has 2 aromatic rings. The van der Waals surface area contributed by atoms with E-state index in [1.165, 1.54) is 23.1 Å². The molecule has 2 fully saturated rings. The number of aromatic nitrogens is 4. The minimum absolute atomic E-state index is 0.00673. The van der Waals surface area contributed by atoms with E-state index in [0.717, 1.165) is 0 Å². The van der Waals surface area contributed by atoms with E-state index in [-0.39, 0.29) is 51.4 Å². The Kier molecular flexibility index (Phi) is 5.16. The molecule has 2 bridgehead atoms. The minimum Gasteiger partial charge on any atom is -0.488 e. The van der Waals surface area contributed by atoms with Crippen molar-refractivity contribution in [1.82, 2.24) is 20.2 Å². The number of ether oxygens (including phenoxy) is 1. The van der Waals surface area contributed by atoms with Gasteiger partial charge in [-0.25, -0.2) is 4.68 Å². The summed E-state index contributed by atoms with van der Waals surface area (Å²) in [6, 6.07) is 2.90. The summed E-state index contributed by atoms with van der Waals surface area (Å²) < 4.78 is 7.09. The summed E-state index contributed by atoms with van der Waals surface area (Å²) in [5.74, 6) is -2.75. The van der Waals surface area contributed by atoms with E-state index in [2.05, 4.69) is 15.5 Å². The summed E-state index contributed by atoms with van der Waals surface area (Å²) in [5.41, 5.74) is 0.0662. The van der Waals surface area contributed by atoms with Crippen LogP contribution in [0.5, 0.6) is 5.75 Å². The number of ketones is 3. The van der Waals surface area contributed by atoms with Crippen LogP contribution in [-0.4, -0.2) is 44.2 Å². The van der Waals surface area contributed by atoms with Gasteiger partial charge in [-0.2, -0.15) is 0 Å². The van der Waals surface area contributed by atoms with E-state index in [0.29, 0.717) is 25.8 Å². The van der Waals surface area contributed by atoms with Crippen LogP contribution >= 0.6 is 23.2 Å². The molecule has 0 amide bonds. The van der Waals surface area contributed by atoms with Gasteiger partial charge in [-0.05, 0) is 41.8 Å². The molecular weight excluding hydrogens is 407 g/mol. The van der Waals surface area contributed by atoms with Gasteiger partial charge in [-0.15, -0.1) is 5.10 Å². The first kappa shape index (κ1) is 19.0. The predicted molar refractivity (Wildman–Crippen MR) is 98.4 cm³/mol. The van der Waals surface area contributed by atoms with Crippen LogP contribution in [0.4, 0.5) is 0 Å². The molecule has 2 atom stereocenters. The maximum Gasteiger partial charge on any atom is 0.182 e. The third-order valence-electron chi connectivity index (χ3n) is 5.34. The van der Waals surface area contributed by atoms with Gasteiger partial charge in [0.05, 0.1) is 16.6 Å². The fourth-order valence-corrected chi connectivity index (χ4v) is 4.48. The molecule has 1 aromatic carbocycles. The zero-order chi connectivity index (χ0) is 19.8. The molecule has 2 unspecified atom stereocenters. The number of Topliss-reactive ketones (excluding diaryl/α,β-unsaturated/α-hetero) is 3. The summed E-state index contributed by atoms with van der Waals surface area (Å²) >= 11 is 12.5.